The monoisotopic (exact) mass is 354 g/mol. The SMILES string of the molecule is COc1cc(S(=O)(=O)N[C@@H]2CCC[C@@H](C)[C@H]2C)ccc1NC(C)=O. The standard InChI is InChI=1S/C17H26N2O4S/c1-11-6-5-7-15(12(11)2)19-24(21,22)14-8-9-16(18-13(3)20)17(10-14)23-4/h8-12,15,19H,5-7H2,1-4H3,(H,18,20)/t11-,12-,15-/m1/s1. The average molecular weight is 354 g/mol. The first-order valence-corrected chi connectivity index (χ1v) is 9.71. The third-order valence-electron chi connectivity index (χ3n) is 4.81. The zero-order valence-electron chi connectivity index (χ0n) is 14.6. The van der Waals surface area contributed by atoms with E-state index in [1.807, 2.05) is 0 Å². The molecule has 0 spiro atoms. The fourth-order valence-electron chi connectivity index (χ4n) is 3.15. The highest BCUT2D eigenvalue weighted by Crippen LogP contribution is 2.32. The molecule has 3 atom stereocenters. The fourth-order valence-corrected chi connectivity index (χ4v) is 4.52. The molecule has 2 N–H and O–H groups in total. The lowest BCUT2D eigenvalue weighted by Gasteiger charge is -2.34. The second kappa shape index (κ2) is 7.53. The van der Waals surface area contributed by atoms with Crippen LogP contribution in [0.2, 0.25) is 0 Å². The van der Waals surface area contributed by atoms with E-state index in [1.54, 1.807) is 6.07 Å². The van der Waals surface area contributed by atoms with Gasteiger partial charge in [-0.1, -0.05) is 26.7 Å². The van der Waals surface area contributed by atoms with Crippen LogP contribution in [0.1, 0.15) is 40.0 Å². The number of carbonyl (C=O) groups is 1. The van der Waals surface area contributed by atoms with Gasteiger partial charge >= 0.3 is 0 Å². The van der Waals surface area contributed by atoms with E-state index in [1.165, 1.54) is 26.2 Å². The summed E-state index contributed by atoms with van der Waals surface area (Å²) in [5.74, 6) is 0.877. The maximum Gasteiger partial charge on any atom is 0.240 e. The number of hydrogen-bond donors (Lipinski definition) is 2. The highest BCUT2D eigenvalue weighted by molar-refractivity contribution is 7.89. The molecule has 1 aliphatic rings. The molecule has 0 saturated heterocycles. The Morgan fingerprint density at radius 1 is 1.25 bits per heavy atom. The van der Waals surface area contributed by atoms with Crippen LogP contribution in [0.25, 0.3) is 0 Å². The molecule has 0 aliphatic heterocycles. The number of nitrogens with one attached hydrogen (secondary N) is 2. The molecule has 134 valence electrons. The highest BCUT2D eigenvalue weighted by Gasteiger charge is 2.31. The number of methoxy groups -OCH3 is 1. The number of anilines is 1. The van der Waals surface area contributed by atoms with Gasteiger partial charge in [-0.25, -0.2) is 13.1 Å². The summed E-state index contributed by atoms with van der Waals surface area (Å²) in [5, 5.41) is 2.62. The summed E-state index contributed by atoms with van der Waals surface area (Å²) >= 11 is 0. The van der Waals surface area contributed by atoms with Crippen LogP contribution >= 0.6 is 0 Å². The molecule has 0 bridgehead atoms. The Morgan fingerprint density at radius 2 is 1.96 bits per heavy atom. The van der Waals surface area contributed by atoms with Crippen LogP contribution in [0.4, 0.5) is 5.69 Å². The summed E-state index contributed by atoms with van der Waals surface area (Å²) in [6, 6.07) is 4.40. The van der Waals surface area contributed by atoms with E-state index in [-0.39, 0.29) is 16.8 Å². The third kappa shape index (κ3) is 4.27. The fraction of sp³-hybridized carbons (Fsp3) is 0.588. The summed E-state index contributed by atoms with van der Waals surface area (Å²) in [6.07, 6.45) is 3.02. The minimum Gasteiger partial charge on any atom is -0.495 e. The van der Waals surface area contributed by atoms with Crippen molar-refractivity contribution in [1.29, 1.82) is 0 Å². The van der Waals surface area contributed by atoms with Crippen LogP contribution in [-0.2, 0) is 14.8 Å². The largest absolute Gasteiger partial charge is 0.495 e. The van der Waals surface area contributed by atoms with Gasteiger partial charge in [0.2, 0.25) is 15.9 Å². The van der Waals surface area contributed by atoms with Gasteiger partial charge in [-0.3, -0.25) is 4.79 Å². The summed E-state index contributed by atoms with van der Waals surface area (Å²) < 4.78 is 33.4. The minimum atomic E-state index is -3.64. The molecule has 0 unspecified atom stereocenters. The van der Waals surface area contributed by atoms with Crippen LogP contribution in [0, 0.1) is 11.8 Å². The van der Waals surface area contributed by atoms with E-state index >= 15 is 0 Å². The number of sulfonamides is 1. The molecule has 0 radical (unpaired) electrons. The topological polar surface area (TPSA) is 84.5 Å². The quantitative estimate of drug-likeness (QED) is 0.851. The first kappa shape index (κ1) is 18.7. The lowest BCUT2D eigenvalue weighted by atomic mass is 9.78. The first-order chi connectivity index (χ1) is 11.2. The molecule has 24 heavy (non-hydrogen) atoms. The van der Waals surface area contributed by atoms with E-state index < -0.39 is 10.0 Å². The first-order valence-electron chi connectivity index (χ1n) is 8.22. The Kier molecular flexibility index (Phi) is 5.87. The third-order valence-corrected chi connectivity index (χ3v) is 6.29. The molecular weight excluding hydrogens is 328 g/mol. The van der Waals surface area contributed by atoms with E-state index in [4.69, 9.17) is 4.74 Å². The van der Waals surface area contributed by atoms with Crippen LogP contribution in [0.3, 0.4) is 0 Å². The number of carbonyl (C=O) groups excluding carboxylic acids is 1. The van der Waals surface area contributed by atoms with Crippen molar-refractivity contribution in [2.24, 2.45) is 11.8 Å². The van der Waals surface area contributed by atoms with Gasteiger partial charge in [0.25, 0.3) is 0 Å². The van der Waals surface area contributed by atoms with Crippen molar-refractivity contribution in [3.05, 3.63) is 18.2 Å². The summed E-state index contributed by atoms with van der Waals surface area (Å²) in [6.45, 7) is 5.64. The molecule has 2 rings (SSSR count). The van der Waals surface area contributed by atoms with Crippen LogP contribution in [0.5, 0.6) is 5.75 Å². The van der Waals surface area contributed by atoms with Gasteiger partial charge in [-0.05, 0) is 30.4 Å². The van der Waals surface area contributed by atoms with Gasteiger partial charge in [0.15, 0.2) is 0 Å². The van der Waals surface area contributed by atoms with Gasteiger partial charge in [-0.2, -0.15) is 0 Å². The molecule has 1 fully saturated rings. The van der Waals surface area contributed by atoms with Crippen molar-refractivity contribution in [1.82, 2.24) is 4.72 Å². The lowest BCUT2D eigenvalue weighted by Crippen LogP contribution is -2.43. The molecule has 1 aliphatic carbocycles. The molecule has 7 heteroatoms. The Labute approximate surface area is 144 Å². The zero-order valence-corrected chi connectivity index (χ0v) is 15.4. The van der Waals surface area contributed by atoms with E-state index in [9.17, 15) is 13.2 Å². The molecule has 0 heterocycles. The highest BCUT2D eigenvalue weighted by atomic mass is 32.2. The molecule has 0 aromatic heterocycles. The smallest absolute Gasteiger partial charge is 0.240 e. The zero-order chi connectivity index (χ0) is 17.9. The molecule has 1 amide bonds. The van der Waals surface area contributed by atoms with Gasteiger partial charge < -0.3 is 10.1 Å². The second-order valence-electron chi connectivity index (χ2n) is 6.54. The predicted octanol–water partition coefficient (Wildman–Crippen LogP) is 2.76. The number of hydrogen-bond acceptors (Lipinski definition) is 4. The lowest BCUT2D eigenvalue weighted by molar-refractivity contribution is -0.114. The Balaban J connectivity index is 2.24. The van der Waals surface area contributed by atoms with Gasteiger partial charge in [0.05, 0.1) is 17.7 Å². The van der Waals surface area contributed by atoms with Gasteiger partial charge in [0.1, 0.15) is 5.75 Å². The summed E-state index contributed by atoms with van der Waals surface area (Å²) in [5.41, 5.74) is 0.448. The normalized spacial score (nSPS) is 24.4. The number of rotatable bonds is 5. The van der Waals surface area contributed by atoms with Crippen molar-refractivity contribution in [3.63, 3.8) is 0 Å². The molecule has 1 aromatic rings. The van der Waals surface area contributed by atoms with Crippen molar-refractivity contribution in [2.45, 2.75) is 51.0 Å². The Bertz CT molecular complexity index is 703. The predicted molar refractivity (Wildman–Crippen MR) is 93.6 cm³/mol. The molecule has 1 aromatic carbocycles. The maximum absolute atomic E-state index is 12.7. The maximum atomic E-state index is 12.7. The van der Waals surface area contributed by atoms with Crippen LogP contribution < -0.4 is 14.8 Å². The van der Waals surface area contributed by atoms with Crippen molar-refractivity contribution in [3.8, 4) is 5.75 Å². The van der Waals surface area contributed by atoms with E-state index in [0.29, 0.717) is 23.3 Å². The van der Waals surface area contributed by atoms with Crippen LogP contribution in [0.15, 0.2) is 23.1 Å². The van der Waals surface area contributed by atoms with Crippen molar-refractivity contribution in [2.75, 3.05) is 12.4 Å². The summed E-state index contributed by atoms with van der Waals surface area (Å²) in [7, 11) is -2.20. The van der Waals surface area contributed by atoms with E-state index in [2.05, 4.69) is 23.9 Å². The summed E-state index contributed by atoms with van der Waals surface area (Å²) in [4.78, 5) is 11.3. The van der Waals surface area contributed by atoms with Gasteiger partial charge in [0, 0.05) is 19.0 Å². The molecular formula is C17H26N2O4S. The average Bonchev–Trinajstić information content (AvgIpc) is 2.51. The van der Waals surface area contributed by atoms with Crippen LogP contribution in [-0.4, -0.2) is 27.5 Å². The van der Waals surface area contributed by atoms with Crippen molar-refractivity contribution >= 4 is 21.6 Å². The number of amides is 1. The Hall–Kier alpha value is -1.60. The van der Waals surface area contributed by atoms with Crippen molar-refractivity contribution < 1.29 is 17.9 Å². The Morgan fingerprint density at radius 3 is 2.58 bits per heavy atom. The number of ether oxygens (including phenoxy) is 1. The molecule has 6 nitrogen and oxygen atoms in total. The van der Waals surface area contributed by atoms with Gasteiger partial charge in [-0.15, -0.1) is 0 Å². The number of benzene rings is 1. The van der Waals surface area contributed by atoms with E-state index in [0.717, 1.165) is 19.3 Å². The second-order valence-corrected chi connectivity index (χ2v) is 8.25. The molecule has 1 saturated carbocycles. The minimum absolute atomic E-state index is 0.0558.